The molecule has 0 radical (unpaired) electrons. The average Bonchev–Trinajstić information content (AvgIpc) is 2.64. The van der Waals surface area contributed by atoms with Crippen molar-refractivity contribution in [2.24, 2.45) is 23.5 Å². The molecule has 0 spiro atoms. The topological polar surface area (TPSA) is 46.3 Å². The zero-order chi connectivity index (χ0) is 11.6. The summed E-state index contributed by atoms with van der Waals surface area (Å²) in [7, 11) is 0. The van der Waals surface area contributed by atoms with Crippen LogP contribution in [0.25, 0.3) is 0 Å². The first-order chi connectivity index (χ1) is 6.93. The van der Waals surface area contributed by atoms with E-state index >= 15 is 0 Å². The molecule has 15 heavy (non-hydrogen) atoms. The van der Waals surface area contributed by atoms with Gasteiger partial charge in [0.05, 0.1) is 6.04 Å². The monoisotopic (exact) mass is 212 g/mol. The molecule has 1 saturated heterocycles. The van der Waals surface area contributed by atoms with E-state index in [1.807, 2.05) is 18.7 Å². The van der Waals surface area contributed by atoms with Gasteiger partial charge in [-0.15, -0.1) is 0 Å². The summed E-state index contributed by atoms with van der Waals surface area (Å²) in [5, 5.41) is 0. The van der Waals surface area contributed by atoms with Crippen molar-refractivity contribution >= 4 is 5.91 Å². The fraction of sp³-hybridized carbons (Fsp3) is 0.917. The molecule has 1 rings (SSSR count). The SMILES string of the molecule is CC(C)C1CCN(C(=O)C(N)C(C)C)C1. The van der Waals surface area contributed by atoms with Gasteiger partial charge in [-0.2, -0.15) is 0 Å². The molecule has 1 fully saturated rings. The van der Waals surface area contributed by atoms with Crippen molar-refractivity contribution in [1.29, 1.82) is 0 Å². The van der Waals surface area contributed by atoms with E-state index in [0.29, 0.717) is 11.8 Å². The summed E-state index contributed by atoms with van der Waals surface area (Å²) in [4.78, 5) is 13.9. The van der Waals surface area contributed by atoms with Crippen LogP contribution in [0.4, 0.5) is 0 Å². The maximum atomic E-state index is 12.0. The third-order valence-corrected chi connectivity index (χ3v) is 3.48. The molecule has 0 aromatic carbocycles. The Bertz CT molecular complexity index is 226. The van der Waals surface area contributed by atoms with E-state index < -0.39 is 0 Å². The highest BCUT2D eigenvalue weighted by atomic mass is 16.2. The van der Waals surface area contributed by atoms with Crippen molar-refractivity contribution in [2.75, 3.05) is 13.1 Å². The Balaban J connectivity index is 2.50. The zero-order valence-corrected chi connectivity index (χ0v) is 10.4. The van der Waals surface area contributed by atoms with Crippen molar-refractivity contribution in [3.63, 3.8) is 0 Å². The van der Waals surface area contributed by atoms with Gasteiger partial charge < -0.3 is 10.6 Å². The Kier molecular flexibility index (Phi) is 4.14. The van der Waals surface area contributed by atoms with Crippen LogP contribution in [-0.2, 0) is 4.79 Å². The lowest BCUT2D eigenvalue weighted by Gasteiger charge is -2.23. The van der Waals surface area contributed by atoms with E-state index in [9.17, 15) is 4.79 Å². The highest BCUT2D eigenvalue weighted by Crippen LogP contribution is 2.24. The number of rotatable bonds is 3. The summed E-state index contributed by atoms with van der Waals surface area (Å²) >= 11 is 0. The van der Waals surface area contributed by atoms with Crippen LogP contribution in [0.1, 0.15) is 34.1 Å². The van der Waals surface area contributed by atoms with Gasteiger partial charge in [0.25, 0.3) is 0 Å². The molecule has 88 valence electrons. The number of carbonyl (C=O) groups is 1. The predicted octanol–water partition coefficient (Wildman–Crippen LogP) is 1.47. The van der Waals surface area contributed by atoms with Crippen molar-refractivity contribution < 1.29 is 4.79 Å². The molecule has 3 nitrogen and oxygen atoms in total. The highest BCUT2D eigenvalue weighted by molar-refractivity contribution is 5.82. The van der Waals surface area contributed by atoms with E-state index in [4.69, 9.17) is 5.73 Å². The smallest absolute Gasteiger partial charge is 0.239 e. The van der Waals surface area contributed by atoms with Gasteiger partial charge in [-0.05, 0) is 24.2 Å². The number of nitrogens with zero attached hydrogens (tertiary/aromatic N) is 1. The van der Waals surface area contributed by atoms with Crippen LogP contribution in [-0.4, -0.2) is 29.9 Å². The molecule has 0 saturated carbocycles. The maximum Gasteiger partial charge on any atom is 0.239 e. The van der Waals surface area contributed by atoms with Crippen LogP contribution in [0.5, 0.6) is 0 Å². The predicted molar refractivity (Wildman–Crippen MR) is 62.3 cm³/mol. The second-order valence-electron chi connectivity index (χ2n) is 5.35. The zero-order valence-electron chi connectivity index (χ0n) is 10.4. The van der Waals surface area contributed by atoms with E-state index in [1.165, 1.54) is 0 Å². The van der Waals surface area contributed by atoms with Crippen molar-refractivity contribution in [1.82, 2.24) is 4.90 Å². The summed E-state index contributed by atoms with van der Waals surface area (Å²) in [6, 6.07) is -0.323. The molecule has 2 N–H and O–H groups in total. The Labute approximate surface area is 93.0 Å². The Morgan fingerprint density at radius 2 is 1.93 bits per heavy atom. The molecule has 2 unspecified atom stereocenters. The quantitative estimate of drug-likeness (QED) is 0.770. The fourth-order valence-electron chi connectivity index (χ4n) is 2.03. The lowest BCUT2D eigenvalue weighted by molar-refractivity contribution is -0.132. The minimum absolute atomic E-state index is 0.133. The van der Waals surface area contributed by atoms with Crippen molar-refractivity contribution in [3.8, 4) is 0 Å². The molecule has 0 aliphatic carbocycles. The second kappa shape index (κ2) is 4.97. The number of carbonyl (C=O) groups excluding carboxylic acids is 1. The standard InChI is InChI=1S/C12H24N2O/c1-8(2)10-5-6-14(7-10)12(15)11(13)9(3)4/h8-11H,5-7,13H2,1-4H3. The number of nitrogens with two attached hydrogens (primary N) is 1. The lowest BCUT2D eigenvalue weighted by atomic mass is 9.95. The molecule has 0 aromatic rings. The molecule has 2 atom stereocenters. The molecule has 1 aliphatic rings. The maximum absolute atomic E-state index is 12.0. The van der Waals surface area contributed by atoms with E-state index in [1.54, 1.807) is 0 Å². The van der Waals surface area contributed by atoms with E-state index in [0.717, 1.165) is 19.5 Å². The van der Waals surface area contributed by atoms with Crippen LogP contribution in [0.15, 0.2) is 0 Å². The first-order valence-electron chi connectivity index (χ1n) is 5.97. The number of hydrogen-bond donors (Lipinski definition) is 1. The molecule has 0 aromatic heterocycles. The highest BCUT2D eigenvalue weighted by Gasteiger charge is 2.31. The first-order valence-corrected chi connectivity index (χ1v) is 5.97. The minimum Gasteiger partial charge on any atom is -0.341 e. The first kappa shape index (κ1) is 12.5. The van der Waals surface area contributed by atoms with E-state index in [2.05, 4.69) is 13.8 Å². The van der Waals surface area contributed by atoms with Crippen molar-refractivity contribution in [3.05, 3.63) is 0 Å². The van der Waals surface area contributed by atoms with Crippen LogP contribution in [0.2, 0.25) is 0 Å². The molecular formula is C12H24N2O. The lowest BCUT2D eigenvalue weighted by Crippen LogP contribution is -2.45. The summed E-state index contributed by atoms with van der Waals surface area (Å²) in [6.45, 7) is 10.2. The second-order valence-corrected chi connectivity index (χ2v) is 5.35. The third kappa shape index (κ3) is 2.94. The number of amides is 1. The van der Waals surface area contributed by atoms with Crippen LogP contribution in [0, 0.1) is 17.8 Å². The number of likely N-dealkylation sites (tertiary alicyclic amines) is 1. The van der Waals surface area contributed by atoms with Gasteiger partial charge in [-0.1, -0.05) is 27.7 Å². The molecule has 1 aliphatic heterocycles. The van der Waals surface area contributed by atoms with Crippen molar-refractivity contribution in [2.45, 2.75) is 40.2 Å². The summed E-state index contributed by atoms with van der Waals surface area (Å²) in [6.07, 6.45) is 1.13. The van der Waals surface area contributed by atoms with Gasteiger partial charge in [0.2, 0.25) is 5.91 Å². The van der Waals surface area contributed by atoms with Gasteiger partial charge in [-0.3, -0.25) is 4.79 Å². The van der Waals surface area contributed by atoms with Gasteiger partial charge in [0.1, 0.15) is 0 Å². The average molecular weight is 212 g/mol. The van der Waals surface area contributed by atoms with Crippen LogP contribution >= 0.6 is 0 Å². The van der Waals surface area contributed by atoms with Gasteiger partial charge in [-0.25, -0.2) is 0 Å². The van der Waals surface area contributed by atoms with Gasteiger partial charge in [0.15, 0.2) is 0 Å². The largest absolute Gasteiger partial charge is 0.341 e. The minimum atomic E-state index is -0.323. The summed E-state index contributed by atoms with van der Waals surface area (Å²) < 4.78 is 0. The fourth-order valence-corrected chi connectivity index (χ4v) is 2.03. The molecule has 1 amide bonds. The molecular weight excluding hydrogens is 188 g/mol. The van der Waals surface area contributed by atoms with Gasteiger partial charge in [0, 0.05) is 13.1 Å². The van der Waals surface area contributed by atoms with E-state index in [-0.39, 0.29) is 17.9 Å². The normalized spacial score (nSPS) is 23.9. The molecule has 1 heterocycles. The van der Waals surface area contributed by atoms with Gasteiger partial charge >= 0.3 is 0 Å². The Hall–Kier alpha value is -0.570. The number of hydrogen-bond acceptors (Lipinski definition) is 2. The van der Waals surface area contributed by atoms with Crippen LogP contribution < -0.4 is 5.73 Å². The molecule has 0 bridgehead atoms. The third-order valence-electron chi connectivity index (χ3n) is 3.48. The Morgan fingerprint density at radius 1 is 1.33 bits per heavy atom. The Morgan fingerprint density at radius 3 is 2.33 bits per heavy atom. The molecule has 3 heteroatoms. The summed E-state index contributed by atoms with van der Waals surface area (Å²) in [5.41, 5.74) is 5.87. The van der Waals surface area contributed by atoms with Crippen LogP contribution in [0.3, 0.4) is 0 Å². The summed E-state index contributed by atoms with van der Waals surface area (Å²) in [5.74, 6) is 1.69.